The van der Waals surface area contributed by atoms with Crippen LogP contribution in [0.15, 0.2) is 34.9 Å². The van der Waals surface area contributed by atoms with Gasteiger partial charge in [0.25, 0.3) is 5.91 Å². The number of thiophene rings is 1. The Morgan fingerprint density at radius 2 is 2.04 bits per heavy atom. The highest BCUT2D eigenvalue weighted by atomic mass is 32.1. The molecule has 0 aromatic carbocycles. The highest BCUT2D eigenvalue weighted by molar-refractivity contribution is 7.12. The second kappa shape index (κ2) is 7.72. The molecule has 0 unspecified atom stereocenters. The molecule has 0 bridgehead atoms. The number of ether oxygens (including phenoxy) is 1. The molecular formula is C19H24N2O3S. The molecule has 0 radical (unpaired) electrons. The van der Waals surface area contributed by atoms with Gasteiger partial charge >= 0.3 is 0 Å². The molecule has 2 aliphatic heterocycles. The van der Waals surface area contributed by atoms with Crippen LogP contribution in [0.2, 0.25) is 0 Å². The smallest absolute Gasteiger partial charge is 0.289 e. The van der Waals surface area contributed by atoms with E-state index in [0.717, 1.165) is 45.8 Å². The monoisotopic (exact) mass is 360 g/mol. The summed E-state index contributed by atoms with van der Waals surface area (Å²) in [6.45, 7) is 5.16. The minimum Gasteiger partial charge on any atom is -0.459 e. The van der Waals surface area contributed by atoms with Crippen molar-refractivity contribution < 1.29 is 13.9 Å². The van der Waals surface area contributed by atoms with Gasteiger partial charge in [0.05, 0.1) is 12.4 Å². The Hall–Kier alpha value is -1.63. The molecule has 6 heteroatoms. The maximum atomic E-state index is 12.3. The fourth-order valence-corrected chi connectivity index (χ4v) is 4.64. The molecule has 134 valence electrons. The molecule has 2 aromatic heterocycles. The molecule has 2 fully saturated rings. The highest BCUT2D eigenvalue weighted by Gasteiger charge is 2.24. The molecular weight excluding hydrogens is 336 g/mol. The summed E-state index contributed by atoms with van der Waals surface area (Å²) in [5, 5.41) is 0. The first-order valence-corrected chi connectivity index (χ1v) is 9.86. The topological polar surface area (TPSA) is 45.9 Å². The van der Waals surface area contributed by atoms with E-state index in [9.17, 15) is 4.79 Å². The maximum absolute atomic E-state index is 12.3. The van der Waals surface area contributed by atoms with E-state index in [2.05, 4.69) is 17.0 Å². The number of hydrogen-bond donors (Lipinski definition) is 0. The zero-order valence-corrected chi connectivity index (χ0v) is 15.2. The second-order valence-electron chi connectivity index (χ2n) is 6.70. The van der Waals surface area contributed by atoms with Gasteiger partial charge < -0.3 is 14.1 Å². The lowest BCUT2D eigenvalue weighted by molar-refractivity contribution is 0.0172. The predicted octanol–water partition coefficient (Wildman–Crippen LogP) is 3.54. The number of piperazine rings is 1. The van der Waals surface area contributed by atoms with E-state index in [-0.39, 0.29) is 5.91 Å². The first-order valence-electron chi connectivity index (χ1n) is 9.05. The van der Waals surface area contributed by atoms with Crippen LogP contribution in [-0.2, 0) is 11.3 Å². The number of furan rings is 1. The highest BCUT2D eigenvalue weighted by Crippen LogP contribution is 2.33. The zero-order valence-electron chi connectivity index (χ0n) is 14.4. The molecule has 0 N–H and O–H groups in total. The number of nitrogens with zero attached hydrogens (tertiary/aromatic N) is 2. The molecule has 0 spiro atoms. The summed E-state index contributed by atoms with van der Waals surface area (Å²) in [6, 6.07) is 7.95. The summed E-state index contributed by atoms with van der Waals surface area (Å²) in [5.74, 6) is 0.432. The lowest BCUT2D eigenvalue weighted by atomic mass is 10.1. The van der Waals surface area contributed by atoms with Gasteiger partial charge in [0.15, 0.2) is 5.76 Å². The predicted molar refractivity (Wildman–Crippen MR) is 96.8 cm³/mol. The Morgan fingerprint density at radius 1 is 1.16 bits per heavy atom. The quantitative estimate of drug-likeness (QED) is 0.837. The average Bonchev–Trinajstić information content (AvgIpc) is 3.35. The van der Waals surface area contributed by atoms with Crippen LogP contribution >= 0.6 is 11.3 Å². The summed E-state index contributed by atoms with van der Waals surface area (Å²) in [4.78, 5) is 19.4. The number of carbonyl (C=O) groups excluding carboxylic acids is 1. The van der Waals surface area contributed by atoms with E-state index in [1.54, 1.807) is 18.4 Å². The summed E-state index contributed by atoms with van der Waals surface area (Å²) < 4.78 is 11.1. The Kier molecular flexibility index (Phi) is 5.20. The van der Waals surface area contributed by atoms with E-state index in [1.165, 1.54) is 22.6 Å². The lowest BCUT2D eigenvalue weighted by Crippen LogP contribution is -2.48. The van der Waals surface area contributed by atoms with Gasteiger partial charge in [-0.05, 0) is 43.5 Å². The molecule has 2 aromatic rings. The van der Waals surface area contributed by atoms with Gasteiger partial charge in [0.2, 0.25) is 0 Å². The van der Waals surface area contributed by atoms with Crippen LogP contribution in [0.1, 0.15) is 45.7 Å². The maximum Gasteiger partial charge on any atom is 0.289 e. The molecule has 0 aliphatic carbocycles. The molecule has 0 saturated carbocycles. The fourth-order valence-electron chi connectivity index (χ4n) is 3.50. The van der Waals surface area contributed by atoms with Crippen LogP contribution in [0.25, 0.3) is 0 Å². The van der Waals surface area contributed by atoms with Crippen molar-refractivity contribution >= 4 is 17.2 Å². The number of rotatable bonds is 4. The Labute approximate surface area is 152 Å². The SMILES string of the molecule is O=C(c1ccco1)N1CCN(Cc2ccc([C@H]3CCCCO3)s2)CC1. The van der Waals surface area contributed by atoms with Crippen LogP contribution < -0.4 is 0 Å². The molecule has 2 aliphatic rings. The van der Waals surface area contributed by atoms with Crippen molar-refractivity contribution in [2.75, 3.05) is 32.8 Å². The van der Waals surface area contributed by atoms with Crippen LogP contribution in [0.4, 0.5) is 0 Å². The summed E-state index contributed by atoms with van der Waals surface area (Å²) >= 11 is 1.88. The molecule has 5 nitrogen and oxygen atoms in total. The van der Waals surface area contributed by atoms with Crippen LogP contribution in [0, 0.1) is 0 Å². The van der Waals surface area contributed by atoms with Gasteiger partial charge in [-0.25, -0.2) is 0 Å². The number of hydrogen-bond acceptors (Lipinski definition) is 5. The van der Waals surface area contributed by atoms with Crippen molar-refractivity contribution in [2.45, 2.75) is 31.9 Å². The largest absolute Gasteiger partial charge is 0.459 e. The van der Waals surface area contributed by atoms with Crippen molar-refractivity contribution in [3.8, 4) is 0 Å². The third kappa shape index (κ3) is 3.97. The molecule has 4 rings (SSSR count). The van der Waals surface area contributed by atoms with Crippen LogP contribution in [-0.4, -0.2) is 48.5 Å². The lowest BCUT2D eigenvalue weighted by Gasteiger charge is -2.34. The first-order chi connectivity index (χ1) is 12.3. The third-order valence-corrected chi connectivity index (χ3v) is 6.11. The Balaban J connectivity index is 1.28. The van der Waals surface area contributed by atoms with E-state index < -0.39 is 0 Å². The molecule has 1 atom stereocenters. The normalized spacial score (nSPS) is 22.2. The third-order valence-electron chi connectivity index (χ3n) is 4.95. The fraction of sp³-hybridized carbons (Fsp3) is 0.526. The van der Waals surface area contributed by atoms with Gasteiger partial charge in [-0.15, -0.1) is 11.3 Å². The van der Waals surface area contributed by atoms with Crippen molar-refractivity contribution in [1.82, 2.24) is 9.80 Å². The Morgan fingerprint density at radius 3 is 2.76 bits per heavy atom. The van der Waals surface area contributed by atoms with E-state index in [4.69, 9.17) is 9.15 Å². The van der Waals surface area contributed by atoms with Crippen molar-refractivity contribution in [2.24, 2.45) is 0 Å². The molecule has 4 heterocycles. The van der Waals surface area contributed by atoms with Crippen molar-refractivity contribution in [1.29, 1.82) is 0 Å². The van der Waals surface area contributed by atoms with Crippen molar-refractivity contribution in [3.63, 3.8) is 0 Å². The minimum absolute atomic E-state index is 0.00231. The van der Waals surface area contributed by atoms with Gasteiger partial charge in [0, 0.05) is 49.1 Å². The van der Waals surface area contributed by atoms with Gasteiger partial charge in [-0.2, -0.15) is 0 Å². The minimum atomic E-state index is -0.00231. The molecule has 25 heavy (non-hydrogen) atoms. The average molecular weight is 360 g/mol. The second-order valence-corrected chi connectivity index (χ2v) is 7.90. The van der Waals surface area contributed by atoms with Crippen LogP contribution in [0.3, 0.4) is 0 Å². The Bertz CT molecular complexity index is 683. The van der Waals surface area contributed by atoms with E-state index in [1.807, 2.05) is 16.2 Å². The summed E-state index contributed by atoms with van der Waals surface area (Å²) in [5.41, 5.74) is 0. The summed E-state index contributed by atoms with van der Waals surface area (Å²) in [6.07, 6.45) is 5.45. The van der Waals surface area contributed by atoms with Crippen LogP contribution in [0.5, 0.6) is 0 Å². The van der Waals surface area contributed by atoms with Gasteiger partial charge in [-0.3, -0.25) is 9.69 Å². The number of carbonyl (C=O) groups is 1. The van der Waals surface area contributed by atoms with Crippen molar-refractivity contribution in [3.05, 3.63) is 46.0 Å². The number of amides is 1. The first kappa shape index (κ1) is 16.8. The van der Waals surface area contributed by atoms with E-state index in [0.29, 0.717) is 11.9 Å². The van der Waals surface area contributed by atoms with Gasteiger partial charge in [-0.1, -0.05) is 0 Å². The van der Waals surface area contributed by atoms with Gasteiger partial charge in [0.1, 0.15) is 0 Å². The zero-order chi connectivity index (χ0) is 17.1. The van der Waals surface area contributed by atoms with E-state index >= 15 is 0 Å². The molecule has 1 amide bonds. The standard InChI is InChI=1S/C19H24N2O3S/c22-19(17-5-3-13-24-17)21-10-8-20(9-11-21)14-15-6-7-18(25-15)16-4-1-2-12-23-16/h3,5-7,13,16H,1-2,4,8-12,14H2/t16-/m1/s1. The molecule has 2 saturated heterocycles. The summed E-state index contributed by atoms with van der Waals surface area (Å²) in [7, 11) is 0.